The molecule has 3 N–H and O–H groups in total. The third-order valence-electron chi connectivity index (χ3n) is 3.03. The molecule has 132 valence electrons. The highest BCUT2D eigenvalue weighted by atomic mass is 16.5. The van der Waals surface area contributed by atoms with Crippen LogP contribution in [0.25, 0.3) is 0 Å². The quantitative estimate of drug-likeness (QED) is 0.627. The van der Waals surface area contributed by atoms with Crippen LogP contribution in [0.15, 0.2) is 18.2 Å². The maximum atomic E-state index is 12.0. The van der Waals surface area contributed by atoms with E-state index in [1.54, 1.807) is 32.3 Å². The van der Waals surface area contributed by atoms with Crippen molar-refractivity contribution in [3.05, 3.63) is 23.8 Å². The molecular weight excluding hydrogens is 314 g/mol. The summed E-state index contributed by atoms with van der Waals surface area (Å²) in [7, 11) is 3.28. The topological polar surface area (TPSA) is 108 Å². The standard InChI is InChI=1S/C16H23N3O5/c1-4-24-13-8-7-11(15(22)19(2)3)10-12(13)18-16(23)17-9-5-6-14(20)21/h7-8,10H,4-6,9H2,1-3H3,(H,20,21)(H2,17,18,23). The van der Waals surface area contributed by atoms with Crippen LogP contribution in [0, 0.1) is 0 Å². The van der Waals surface area contributed by atoms with Gasteiger partial charge < -0.3 is 25.4 Å². The summed E-state index contributed by atoms with van der Waals surface area (Å²) in [5.74, 6) is -0.651. The van der Waals surface area contributed by atoms with Gasteiger partial charge in [0.1, 0.15) is 5.75 Å². The van der Waals surface area contributed by atoms with Gasteiger partial charge in [-0.3, -0.25) is 9.59 Å². The Balaban J connectivity index is 2.78. The molecule has 0 spiro atoms. The van der Waals surface area contributed by atoms with Crippen molar-refractivity contribution in [1.29, 1.82) is 0 Å². The number of amides is 3. The van der Waals surface area contributed by atoms with Crippen LogP contribution in [-0.4, -0.2) is 55.2 Å². The maximum absolute atomic E-state index is 12.0. The molecule has 8 heteroatoms. The number of carboxylic acid groups (broad SMARTS) is 1. The Kier molecular flexibility index (Phi) is 7.54. The molecule has 0 unspecified atom stereocenters. The number of anilines is 1. The molecule has 1 rings (SSSR count). The van der Waals surface area contributed by atoms with Gasteiger partial charge in [-0.05, 0) is 31.5 Å². The van der Waals surface area contributed by atoms with Crippen molar-refractivity contribution in [3.8, 4) is 5.75 Å². The molecular formula is C16H23N3O5. The minimum atomic E-state index is -0.911. The molecule has 0 aliphatic rings. The Hall–Kier alpha value is -2.77. The molecule has 1 aromatic rings. The van der Waals surface area contributed by atoms with Gasteiger partial charge in [0.2, 0.25) is 0 Å². The predicted molar refractivity (Wildman–Crippen MR) is 89.5 cm³/mol. The van der Waals surface area contributed by atoms with Crippen LogP contribution in [0.4, 0.5) is 10.5 Å². The largest absolute Gasteiger partial charge is 0.492 e. The molecule has 3 amide bonds. The lowest BCUT2D eigenvalue weighted by Crippen LogP contribution is -2.30. The SMILES string of the molecule is CCOc1ccc(C(=O)N(C)C)cc1NC(=O)NCCCC(=O)O. The first-order valence-electron chi connectivity index (χ1n) is 7.60. The number of hydrogen-bond acceptors (Lipinski definition) is 4. The molecule has 24 heavy (non-hydrogen) atoms. The summed E-state index contributed by atoms with van der Waals surface area (Å²) in [5.41, 5.74) is 0.796. The molecule has 0 aromatic heterocycles. The highest BCUT2D eigenvalue weighted by molar-refractivity contribution is 5.97. The van der Waals surface area contributed by atoms with E-state index in [0.717, 1.165) is 0 Å². The zero-order chi connectivity index (χ0) is 18.1. The van der Waals surface area contributed by atoms with Crippen LogP contribution in [-0.2, 0) is 4.79 Å². The first kappa shape index (κ1) is 19.3. The maximum Gasteiger partial charge on any atom is 0.319 e. The zero-order valence-corrected chi connectivity index (χ0v) is 14.1. The number of benzene rings is 1. The van der Waals surface area contributed by atoms with E-state index in [1.807, 2.05) is 6.92 Å². The van der Waals surface area contributed by atoms with Crippen molar-refractivity contribution in [2.24, 2.45) is 0 Å². The highest BCUT2D eigenvalue weighted by Crippen LogP contribution is 2.26. The van der Waals surface area contributed by atoms with Crippen molar-refractivity contribution < 1.29 is 24.2 Å². The highest BCUT2D eigenvalue weighted by Gasteiger charge is 2.14. The lowest BCUT2D eigenvalue weighted by molar-refractivity contribution is -0.137. The molecule has 0 fully saturated rings. The Morgan fingerprint density at radius 2 is 1.96 bits per heavy atom. The van der Waals surface area contributed by atoms with E-state index >= 15 is 0 Å². The second-order valence-corrected chi connectivity index (χ2v) is 5.22. The summed E-state index contributed by atoms with van der Waals surface area (Å²) < 4.78 is 5.45. The fourth-order valence-corrected chi connectivity index (χ4v) is 1.91. The third kappa shape index (κ3) is 6.15. The zero-order valence-electron chi connectivity index (χ0n) is 14.1. The van der Waals surface area contributed by atoms with Crippen molar-refractivity contribution >= 4 is 23.6 Å². The van der Waals surface area contributed by atoms with Gasteiger partial charge in [0.05, 0.1) is 12.3 Å². The second kappa shape index (κ2) is 9.39. The number of carbonyl (C=O) groups excluding carboxylic acids is 2. The second-order valence-electron chi connectivity index (χ2n) is 5.22. The monoisotopic (exact) mass is 337 g/mol. The van der Waals surface area contributed by atoms with Gasteiger partial charge in [-0.25, -0.2) is 4.79 Å². The van der Waals surface area contributed by atoms with E-state index in [0.29, 0.717) is 30.0 Å². The molecule has 0 bridgehead atoms. The summed E-state index contributed by atoms with van der Waals surface area (Å²) in [6.07, 6.45) is 0.317. The number of nitrogens with one attached hydrogen (secondary N) is 2. The van der Waals surface area contributed by atoms with Crippen molar-refractivity contribution in [2.75, 3.05) is 32.6 Å². The van der Waals surface area contributed by atoms with E-state index in [-0.39, 0.29) is 18.9 Å². The van der Waals surface area contributed by atoms with E-state index in [9.17, 15) is 14.4 Å². The van der Waals surface area contributed by atoms with E-state index in [2.05, 4.69) is 10.6 Å². The van der Waals surface area contributed by atoms with Crippen LogP contribution >= 0.6 is 0 Å². The number of carboxylic acids is 1. The van der Waals surface area contributed by atoms with E-state index in [1.165, 1.54) is 4.90 Å². The fourth-order valence-electron chi connectivity index (χ4n) is 1.91. The smallest absolute Gasteiger partial charge is 0.319 e. The van der Waals surface area contributed by atoms with Gasteiger partial charge in [0, 0.05) is 32.6 Å². The Morgan fingerprint density at radius 1 is 1.25 bits per heavy atom. The summed E-state index contributed by atoms with van der Waals surface area (Å²) in [5, 5.41) is 13.7. The first-order valence-corrected chi connectivity index (χ1v) is 7.60. The van der Waals surface area contributed by atoms with Gasteiger partial charge in [-0.1, -0.05) is 0 Å². The van der Waals surface area contributed by atoms with Crippen LogP contribution in [0.5, 0.6) is 5.75 Å². The lowest BCUT2D eigenvalue weighted by atomic mass is 10.1. The van der Waals surface area contributed by atoms with Gasteiger partial charge in [0.15, 0.2) is 0 Å². The lowest BCUT2D eigenvalue weighted by Gasteiger charge is -2.15. The Morgan fingerprint density at radius 3 is 2.54 bits per heavy atom. The molecule has 1 aromatic carbocycles. The number of nitrogens with zero attached hydrogens (tertiary/aromatic N) is 1. The van der Waals surface area contributed by atoms with Crippen molar-refractivity contribution in [3.63, 3.8) is 0 Å². The molecule has 0 aliphatic heterocycles. The molecule has 0 saturated carbocycles. The molecule has 0 atom stereocenters. The predicted octanol–water partition coefficient (Wildman–Crippen LogP) is 1.77. The van der Waals surface area contributed by atoms with Crippen LogP contribution < -0.4 is 15.4 Å². The molecule has 0 saturated heterocycles. The van der Waals surface area contributed by atoms with Gasteiger partial charge in [-0.15, -0.1) is 0 Å². The minimum Gasteiger partial charge on any atom is -0.492 e. The van der Waals surface area contributed by atoms with Crippen molar-refractivity contribution in [2.45, 2.75) is 19.8 Å². The van der Waals surface area contributed by atoms with Crippen LogP contribution in [0.3, 0.4) is 0 Å². The summed E-state index contributed by atoms with van der Waals surface area (Å²) in [6.45, 7) is 2.46. The Labute approximate surface area is 140 Å². The minimum absolute atomic E-state index is 0.0166. The molecule has 8 nitrogen and oxygen atoms in total. The number of aliphatic carboxylic acids is 1. The number of carbonyl (C=O) groups is 3. The van der Waals surface area contributed by atoms with Gasteiger partial charge in [-0.2, -0.15) is 0 Å². The van der Waals surface area contributed by atoms with Crippen LogP contribution in [0.1, 0.15) is 30.1 Å². The summed E-state index contributed by atoms with van der Waals surface area (Å²) >= 11 is 0. The molecule has 0 heterocycles. The average molecular weight is 337 g/mol. The number of rotatable bonds is 8. The fraction of sp³-hybridized carbons (Fsp3) is 0.438. The third-order valence-corrected chi connectivity index (χ3v) is 3.03. The average Bonchev–Trinajstić information content (AvgIpc) is 2.52. The van der Waals surface area contributed by atoms with Crippen LogP contribution in [0.2, 0.25) is 0 Å². The van der Waals surface area contributed by atoms with E-state index in [4.69, 9.17) is 9.84 Å². The molecule has 0 aliphatic carbocycles. The molecule has 0 radical (unpaired) electrons. The van der Waals surface area contributed by atoms with Gasteiger partial charge >= 0.3 is 12.0 Å². The number of hydrogen-bond donors (Lipinski definition) is 3. The van der Waals surface area contributed by atoms with Gasteiger partial charge in [0.25, 0.3) is 5.91 Å². The summed E-state index contributed by atoms with van der Waals surface area (Å²) in [6, 6.07) is 4.31. The number of ether oxygens (including phenoxy) is 1. The Bertz CT molecular complexity index is 601. The first-order chi connectivity index (χ1) is 11.3. The normalized spacial score (nSPS) is 9.96. The summed E-state index contributed by atoms with van der Waals surface area (Å²) in [4.78, 5) is 35.8. The number of urea groups is 1. The van der Waals surface area contributed by atoms with E-state index < -0.39 is 12.0 Å². The van der Waals surface area contributed by atoms with Crippen molar-refractivity contribution in [1.82, 2.24) is 10.2 Å².